The molecule has 0 fully saturated rings. The van der Waals surface area contributed by atoms with Crippen molar-refractivity contribution < 1.29 is 8.91 Å². The fourth-order valence-electron chi connectivity index (χ4n) is 1.87. The van der Waals surface area contributed by atoms with Gasteiger partial charge in [-0.2, -0.15) is 0 Å². The molecule has 2 N–H and O–H groups in total. The standard InChI is InChI=1S/C13H7BrClFN2OS/c14-9-5-4-8(20-9)12-10(13(17)19-18-12)6-2-1-3-7(15)11(6)16/h1-5H,17H2. The summed E-state index contributed by atoms with van der Waals surface area (Å²) in [6.07, 6.45) is 0. The lowest BCUT2D eigenvalue weighted by molar-refractivity contribution is 0.439. The minimum absolute atomic E-state index is 0.0291. The second-order valence-corrected chi connectivity index (χ2v) is 6.85. The monoisotopic (exact) mass is 372 g/mol. The topological polar surface area (TPSA) is 52.0 Å². The van der Waals surface area contributed by atoms with E-state index in [0.717, 1.165) is 8.66 Å². The molecule has 1 aromatic carbocycles. The minimum atomic E-state index is -0.541. The summed E-state index contributed by atoms with van der Waals surface area (Å²) < 4.78 is 20.1. The minimum Gasteiger partial charge on any atom is -0.367 e. The van der Waals surface area contributed by atoms with E-state index in [2.05, 4.69) is 21.1 Å². The number of aromatic nitrogens is 1. The van der Waals surface area contributed by atoms with Crippen LogP contribution >= 0.6 is 38.9 Å². The molecule has 0 amide bonds. The van der Waals surface area contributed by atoms with Crippen LogP contribution in [-0.2, 0) is 0 Å². The number of benzene rings is 1. The Morgan fingerprint density at radius 2 is 2.10 bits per heavy atom. The van der Waals surface area contributed by atoms with Crippen molar-refractivity contribution in [2.75, 3.05) is 5.73 Å². The molecule has 3 rings (SSSR count). The number of nitrogens with two attached hydrogens (primary N) is 1. The highest BCUT2D eigenvalue weighted by Crippen LogP contribution is 2.41. The van der Waals surface area contributed by atoms with Gasteiger partial charge in [-0.3, -0.25) is 0 Å². The van der Waals surface area contributed by atoms with Gasteiger partial charge in [0.05, 0.1) is 19.2 Å². The van der Waals surface area contributed by atoms with Crippen LogP contribution in [0.2, 0.25) is 5.02 Å². The third kappa shape index (κ3) is 2.24. The Kier molecular flexibility index (Phi) is 3.54. The van der Waals surface area contributed by atoms with Gasteiger partial charge in [-0.1, -0.05) is 28.9 Å². The van der Waals surface area contributed by atoms with Crippen molar-refractivity contribution in [1.82, 2.24) is 5.16 Å². The Morgan fingerprint density at radius 1 is 1.30 bits per heavy atom. The van der Waals surface area contributed by atoms with Gasteiger partial charge in [-0.05, 0) is 34.1 Å². The fourth-order valence-corrected chi connectivity index (χ4v) is 3.42. The van der Waals surface area contributed by atoms with E-state index in [1.807, 2.05) is 12.1 Å². The Balaban J connectivity index is 2.24. The van der Waals surface area contributed by atoms with E-state index < -0.39 is 5.82 Å². The van der Waals surface area contributed by atoms with Gasteiger partial charge in [0.2, 0.25) is 5.88 Å². The molecule has 0 atom stereocenters. The van der Waals surface area contributed by atoms with Gasteiger partial charge in [0.1, 0.15) is 11.5 Å². The molecule has 20 heavy (non-hydrogen) atoms. The summed E-state index contributed by atoms with van der Waals surface area (Å²) in [4.78, 5) is 0.826. The van der Waals surface area contributed by atoms with E-state index in [1.165, 1.54) is 17.4 Å². The number of hydrogen-bond donors (Lipinski definition) is 1. The van der Waals surface area contributed by atoms with E-state index in [4.69, 9.17) is 21.9 Å². The van der Waals surface area contributed by atoms with Crippen LogP contribution in [0, 0.1) is 5.82 Å². The van der Waals surface area contributed by atoms with Crippen molar-refractivity contribution >= 4 is 44.8 Å². The van der Waals surface area contributed by atoms with E-state index >= 15 is 0 Å². The summed E-state index contributed by atoms with van der Waals surface area (Å²) in [7, 11) is 0. The van der Waals surface area contributed by atoms with Crippen LogP contribution in [0.25, 0.3) is 21.7 Å². The van der Waals surface area contributed by atoms with Crippen LogP contribution < -0.4 is 5.73 Å². The summed E-state index contributed by atoms with van der Waals surface area (Å²) in [5.41, 5.74) is 6.98. The van der Waals surface area contributed by atoms with Crippen LogP contribution in [0.5, 0.6) is 0 Å². The van der Waals surface area contributed by atoms with Crippen molar-refractivity contribution in [2.24, 2.45) is 0 Å². The molecule has 0 saturated carbocycles. The average molecular weight is 374 g/mol. The molecule has 0 radical (unpaired) electrons. The normalized spacial score (nSPS) is 10.9. The van der Waals surface area contributed by atoms with Crippen molar-refractivity contribution in [3.63, 3.8) is 0 Å². The fraction of sp³-hybridized carbons (Fsp3) is 0. The van der Waals surface area contributed by atoms with Gasteiger partial charge in [-0.15, -0.1) is 11.3 Å². The second kappa shape index (κ2) is 5.20. The van der Waals surface area contributed by atoms with Crippen LogP contribution in [0.3, 0.4) is 0 Å². The predicted molar refractivity (Wildman–Crippen MR) is 82.3 cm³/mol. The summed E-state index contributed by atoms with van der Waals surface area (Å²) in [5.74, 6) is -0.480. The van der Waals surface area contributed by atoms with Crippen LogP contribution in [0.4, 0.5) is 10.3 Å². The zero-order valence-electron chi connectivity index (χ0n) is 9.86. The predicted octanol–water partition coefficient (Wildman–Crippen LogP) is 5.21. The lowest BCUT2D eigenvalue weighted by Gasteiger charge is -2.04. The number of hydrogen-bond acceptors (Lipinski definition) is 4. The van der Waals surface area contributed by atoms with E-state index in [0.29, 0.717) is 11.3 Å². The Hall–Kier alpha value is -1.37. The number of halogens is 3. The lowest BCUT2D eigenvalue weighted by atomic mass is 10.0. The highest BCUT2D eigenvalue weighted by molar-refractivity contribution is 9.11. The molecule has 0 spiro atoms. The highest BCUT2D eigenvalue weighted by Gasteiger charge is 2.22. The molecule has 0 saturated heterocycles. The third-order valence-electron chi connectivity index (χ3n) is 2.75. The maximum absolute atomic E-state index is 14.2. The van der Waals surface area contributed by atoms with Crippen molar-refractivity contribution in [3.8, 4) is 21.7 Å². The van der Waals surface area contributed by atoms with Crippen LogP contribution in [0.1, 0.15) is 0 Å². The molecule has 102 valence electrons. The van der Waals surface area contributed by atoms with Gasteiger partial charge >= 0.3 is 0 Å². The molecular weight excluding hydrogens is 367 g/mol. The molecule has 0 aliphatic carbocycles. The average Bonchev–Trinajstić information content (AvgIpc) is 2.99. The number of nitrogens with zero attached hydrogens (tertiary/aromatic N) is 1. The van der Waals surface area contributed by atoms with Gasteiger partial charge in [-0.25, -0.2) is 4.39 Å². The maximum Gasteiger partial charge on any atom is 0.230 e. The Labute approximate surface area is 131 Å². The first kappa shape index (κ1) is 13.6. The van der Waals surface area contributed by atoms with Gasteiger partial charge in [0, 0.05) is 5.56 Å². The number of anilines is 1. The SMILES string of the molecule is Nc1onc(-c2ccc(Br)s2)c1-c1cccc(Cl)c1F. The van der Waals surface area contributed by atoms with Gasteiger partial charge < -0.3 is 10.3 Å². The quantitative estimate of drug-likeness (QED) is 0.671. The molecular formula is C13H7BrClFN2OS. The summed E-state index contributed by atoms with van der Waals surface area (Å²) in [6.45, 7) is 0. The second-order valence-electron chi connectivity index (χ2n) is 3.98. The Morgan fingerprint density at radius 3 is 2.80 bits per heavy atom. The van der Waals surface area contributed by atoms with Crippen molar-refractivity contribution in [2.45, 2.75) is 0 Å². The smallest absolute Gasteiger partial charge is 0.230 e. The summed E-state index contributed by atoms with van der Waals surface area (Å²) in [5, 5.41) is 3.96. The lowest BCUT2D eigenvalue weighted by Crippen LogP contribution is -1.90. The van der Waals surface area contributed by atoms with E-state index in [9.17, 15) is 4.39 Å². The van der Waals surface area contributed by atoms with Gasteiger partial charge in [0.15, 0.2) is 0 Å². The molecule has 0 bridgehead atoms. The summed E-state index contributed by atoms with van der Waals surface area (Å²) in [6, 6.07) is 8.46. The van der Waals surface area contributed by atoms with Crippen LogP contribution in [0.15, 0.2) is 38.6 Å². The number of nitrogen functional groups attached to an aromatic ring is 1. The van der Waals surface area contributed by atoms with E-state index in [-0.39, 0.29) is 16.5 Å². The molecule has 0 aliphatic heterocycles. The summed E-state index contributed by atoms with van der Waals surface area (Å²) >= 11 is 10.6. The highest BCUT2D eigenvalue weighted by atomic mass is 79.9. The number of rotatable bonds is 2. The first-order valence-electron chi connectivity index (χ1n) is 5.53. The van der Waals surface area contributed by atoms with Crippen molar-refractivity contribution in [1.29, 1.82) is 0 Å². The van der Waals surface area contributed by atoms with E-state index in [1.54, 1.807) is 12.1 Å². The molecule has 3 aromatic rings. The van der Waals surface area contributed by atoms with Crippen LogP contribution in [-0.4, -0.2) is 5.16 Å². The zero-order chi connectivity index (χ0) is 14.3. The first-order chi connectivity index (χ1) is 9.58. The van der Waals surface area contributed by atoms with Gasteiger partial charge in [0.25, 0.3) is 0 Å². The molecule has 0 aliphatic rings. The molecule has 2 aromatic heterocycles. The first-order valence-corrected chi connectivity index (χ1v) is 7.52. The maximum atomic E-state index is 14.2. The Bertz CT molecular complexity index is 787. The largest absolute Gasteiger partial charge is 0.367 e. The number of thiophene rings is 1. The molecule has 7 heteroatoms. The molecule has 2 heterocycles. The third-order valence-corrected chi connectivity index (χ3v) is 4.67. The molecule has 0 unspecified atom stereocenters. The molecule has 3 nitrogen and oxygen atoms in total. The zero-order valence-corrected chi connectivity index (χ0v) is 13.0. The van der Waals surface area contributed by atoms with Crippen molar-refractivity contribution in [3.05, 3.63) is 45.0 Å².